The quantitative estimate of drug-likeness (QED) is 0.791. The van der Waals surface area contributed by atoms with Crippen molar-refractivity contribution in [3.05, 3.63) is 6.07 Å². The van der Waals surface area contributed by atoms with Gasteiger partial charge in [-0.3, -0.25) is 0 Å². The summed E-state index contributed by atoms with van der Waals surface area (Å²) in [6.07, 6.45) is 1.01. The third-order valence-corrected chi connectivity index (χ3v) is 2.87. The molecule has 0 aliphatic heterocycles. The summed E-state index contributed by atoms with van der Waals surface area (Å²) in [6, 6.07) is 2.14. The van der Waals surface area contributed by atoms with E-state index in [9.17, 15) is 0 Å². The standard InChI is InChI=1S/C12H22N4O2/c1-5-9(2)16(6-7-17-3)10-8-11(18-4)15-12(13)14-10/h8-9H,5-7H2,1-4H3,(H2,13,14,15). The number of anilines is 2. The second-order valence-corrected chi connectivity index (χ2v) is 4.07. The Labute approximate surface area is 108 Å². The van der Waals surface area contributed by atoms with Gasteiger partial charge in [0.2, 0.25) is 11.8 Å². The fourth-order valence-electron chi connectivity index (χ4n) is 1.65. The first-order valence-corrected chi connectivity index (χ1v) is 6.06. The van der Waals surface area contributed by atoms with E-state index in [2.05, 4.69) is 28.7 Å². The van der Waals surface area contributed by atoms with E-state index < -0.39 is 0 Å². The van der Waals surface area contributed by atoms with Crippen LogP contribution in [0, 0.1) is 0 Å². The number of nitrogens with zero attached hydrogens (tertiary/aromatic N) is 3. The largest absolute Gasteiger partial charge is 0.481 e. The van der Waals surface area contributed by atoms with Gasteiger partial charge in [-0.15, -0.1) is 0 Å². The highest BCUT2D eigenvalue weighted by Crippen LogP contribution is 2.21. The molecule has 1 rings (SSSR count). The fourth-order valence-corrected chi connectivity index (χ4v) is 1.65. The van der Waals surface area contributed by atoms with Crippen LogP contribution in [-0.2, 0) is 4.74 Å². The molecule has 0 saturated carbocycles. The molecule has 1 aromatic rings. The minimum Gasteiger partial charge on any atom is -0.481 e. The molecule has 102 valence electrons. The first-order valence-electron chi connectivity index (χ1n) is 6.06. The lowest BCUT2D eigenvalue weighted by atomic mass is 10.2. The van der Waals surface area contributed by atoms with Crippen LogP contribution in [0.4, 0.5) is 11.8 Å². The lowest BCUT2D eigenvalue weighted by molar-refractivity contribution is 0.203. The molecule has 1 aromatic heterocycles. The molecule has 1 unspecified atom stereocenters. The summed E-state index contributed by atoms with van der Waals surface area (Å²) in [5.41, 5.74) is 5.68. The summed E-state index contributed by atoms with van der Waals surface area (Å²) in [7, 11) is 3.25. The fraction of sp³-hybridized carbons (Fsp3) is 0.667. The highest BCUT2D eigenvalue weighted by Gasteiger charge is 2.16. The molecule has 0 fully saturated rings. The Hall–Kier alpha value is -1.56. The summed E-state index contributed by atoms with van der Waals surface area (Å²) in [4.78, 5) is 10.4. The van der Waals surface area contributed by atoms with Gasteiger partial charge in [0.25, 0.3) is 0 Å². The van der Waals surface area contributed by atoms with Crippen LogP contribution in [-0.4, -0.2) is 43.4 Å². The second kappa shape index (κ2) is 7.00. The van der Waals surface area contributed by atoms with Crippen molar-refractivity contribution in [2.75, 3.05) is 38.0 Å². The summed E-state index contributed by atoms with van der Waals surface area (Å²) >= 11 is 0. The van der Waals surface area contributed by atoms with Crippen LogP contribution in [0.1, 0.15) is 20.3 Å². The van der Waals surface area contributed by atoms with Crippen LogP contribution < -0.4 is 15.4 Å². The van der Waals surface area contributed by atoms with Gasteiger partial charge in [-0.05, 0) is 13.3 Å². The van der Waals surface area contributed by atoms with E-state index in [4.69, 9.17) is 15.2 Å². The molecule has 1 heterocycles. The number of hydrogen-bond donors (Lipinski definition) is 1. The molecule has 6 nitrogen and oxygen atoms in total. The summed E-state index contributed by atoms with van der Waals surface area (Å²) in [5, 5.41) is 0. The van der Waals surface area contributed by atoms with Crippen molar-refractivity contribution < 1.29 is 9.47 Å². The van der Waals surface area contributed by atoms with Gasteiger partial charge in [0, 0.05) is 25.8 Å². The zero-order valence-corrected chi connectivity index (χ0v) is 11.5. The Balaban J connectivity index is 2.99. The monoisotopic (exact) mass is 254 g/mol. The van der Waals surface area contributed by atoms with Crippen LogP contribution in [0.15, 0.2) is 6.07 Å². The molecule has 0 radical (unpaired) electrons. The minimum atomic E-state index is 0.218. The van der Waals surface area contributed by atoms with Gasteiger partial charge in [-0.2, -0.15) is 9.97 Å². The average molecular weight is 254 g/mol. The van der Waals surface area contributed by atoms with Crippen LogP contribution in [0.3, 0.4) is 0 Å². The molecule has 1 atom stereocenters. The maximum Gasteiger partial charge on any atom is 0.225 e. The molecule has 0 saturated heterocycles. The van der Waals surface area contributed by atoms with Gasteiger partial charge in [-0.25, -0.2) is 0 Å². The smallest absolute Gasteiger partial charge is 0.225 e. The highest BCUT2D eigenvalue weighted by molar-refractivity contribution is 5.46. The Morgan fingerprint density at radius 2 is 2.11 bits per heavy atom. The van der Waals surface area contributed by atoms with Crippen molar-refractivity contribution in [2.24, 2.45) is 0 Å². The average Bonchev–Trinajstić information content (AvgIpc) is 2.38. The maximum atomic E-state index is 5.68. The molecule has 0 aromatic carbocycles. The minimum absolute atomic E-state index is 0.218. The summed E-state index contributed by atoms with van der Waals surface area (Å²) in [6.45, 7) is 5.66. The predicted molar refractivity (Wildman–Crippen MR) is 72.0 cm³/mol. The number of ether oxygens (including phenoxy) is 2. The number of nitrogens with two attached hydrogens (primary N) is 1. The highest BCUT2D eigenvalue weighted by atomic mass is 16.5. The Morgan fingerprint density at radius 3 is 2.67 bits per heavy atom. The van der Waals surface area contributed by atoms with Crippen molar-refractivity contribution in [1.29, 1.82) is 0 Å². The van der Waals surface area contributed by atoms with E-state index in [1.807, 2.05) is 0 Å². The zero-order chi connectivity index (χ0) is 13.5. The van der Waals surface area contributed by atoms with Crippen LogP contribution >= 0.6 is 0 Å². The predicted octanol–water partition coefficient (Wildman–Crippen LogP) is 1.32. The molecule has 0 spiro atoms. The van der Waals surface area contributed by atoms with E-state index in [1.165, 1.54) is 0 Å². The number of methoxy groups -OCH3 is 2. The molecule has 0 aliphatic rings. The molecule has 0 amide bonds. The van der Waals surface area contributed by atoms with Crippen LogP contribution in [0.25, 0.3) is 0 Å². The van der Waals surface area contributed by atoms with E-state index in [0.29, 0.717) is 18.5 Å². The third kappa shape index (κ3) is 3.73. The van der Waals surface area contributed by atoms with Crippen molar-refractivity contribution in [3.63, 3.8) is 0 Å². The van der Waals surface area contributed by atoms with Gasteiger partial charge >= 0.3 is 0 Å². The first kappa shape index (κ1) is 14.5. The zero-order valence-electron chi connectivity index (χ0n) is 11.5. The maximum absolute atomic E-state index is 5.68. The van der Waals surface area contributed by atoms with Gasteiger partial charge in [-0.1, -0.05) is 6.92 Å². The van der Waals surface area contributed by atoms with Crippen molar-refractivity contribution in [1.82, 2.24) is 9.97 Å². The topological polar surface area (TPSA) is 73.5 Å². The van der Waals surface area contributed by atoms with Gasteiger partial charge < -0.3 is 20.1 Å². The third-order valence-electron chi connectivity index (χ3n) is 2.87. The first-order chi connectivity index (χ1) is 8.62. The lowest BCUT2D eigenvalue weighted by Gasteiger charge is -2.29. The van der Waals surface area contributed by atoms with E-state index >= 15 is 0 Å². The number of hydrogen-bond acceptors (Lipinski definition) is 6. The SMILES string of the molecule is CCC(C)N(CCOC)c1cc(OC)nc(N)n1. The molecular formula is C12H22N4O2. The van der Waals surface area contributed by atoms with Gasteiger partial charge in [0.1, 0.15) is 5.82 Å². The lowest BCUT2D eigenvalue weighted by Crippen LogP contribution is -2.36. The van der Waals surface area contributed by atoms with E-state index in [0.717, 1.165) is 18.8 Å². The number of rotatable bonds is 7. The van der Waals surface area contributed by atoms with Crippen molar-refractivity contribution >= 4 is 11.8 Å². The van der Waals surface area contributed by atoms with Crippen LogP contribution in [0.2, 0.25) is 0 Å². The summed E-state index contributed by atoms with van der Waals surface area (Å²) < 4.78 is 10.2. The molecule has 0 aliphatic carbocycles. The Kier molecular flexibility index (Phi) is 5.64. The second-order valence-electron chi connectivity index (χ2n) is 4.07. The molecule has 18 heavy (non-hydrogen) atoms. The molecule has 0 bridgehead atoms. The molecular weight excluding hydrogens is 232 g/mol. The molecule has 6 heteroatoms. The normalized spacial score (nSPS) is 12.2. The van der Waals surface area contributed by atoms with E-state index in [-0.39, 0.29) is 5.95 Å². The Bertz CT molecular complexity index is 373. The van der Waals surface area contributed by atoms with Crippen molar-refractivity contribution in [2.45, 2.75) is 26.3 Å². The summed E-state index contributed by atoms with van der Waals surface area (Å²) in [5.74, 6) is 1.46. The van der Waals surface area contributed by atoms with Gasteiger partial charge in [0.15, 0.2) is 0 Å². The van der Waals surface area contributed by atoms with Crippen molar-refractivity contribution in [3.8, 4) is 5.88 Å². The van der Waals surface area contributed by atoms with Gasteiger partial charge in [0.05, 0.1) is 13.7 Å². The Morgan fingerprint density at radius 1 is 1.39 bits per heavy atom. The van der Waals surface area contributed by atoms with E-state index in [1.54, 1.807) is 20.3 Å². The number of nitrogen functional groups attached to an aromatic ring is 1. The van der Waals surface area contributed by atoms with Crippen LogP contribution in [0.5, 0.6) is 5.88 Å². The number of aromatic nitrogens is 2. The molecule has 2 N–H and O–H groups in total.